The van der Waals surface area contributed by atoms with E-state index in [2.05, 4.69) is 10.4 Å². The predicted molar refractivity (Wildman–Crippen MR) is 86.0 cm³/mol. The average molecular weight is 309 g/mol. The summed E-state index contributed by atoms with van der Waals surface area (Å²) in [4.78, 5) is 24.6. The van der Waals surface area contributed by atoms with E-state index in [1.165, 1.54) is 4.68 Å². The first-order chi connectivity index (χ1) is 10.3. The Bertz CT molecular complexity index is 589. The van der Waals surface area contributed by atoms with Gasteiger partial charge < -0.3 is 10.4 Å². The third kappa shape index (κ3) is 3.74. The molecule has 1 aromatic heterocycles. The molecular formula is C16H27N3O3. The second-order valence-electron chi connectivity index (χ2n) is 5.88. The molecule has 6 heteroatoms. The summed E-state index contributed by atoms with van der Waals surface area (Å²) >= 11 is 0. The zero-order valence-electron chi connectivity index (χ0n) is 14.2. The smallest absolute Gasteiger partial charge is 0.279 e. The maximum absolute atomic E-state index is 12.5. The van der Waals surface area contributed by atoms with Gasteiger partial charge in [-0.1, -0.05) is 13.8 Å². The summed E-state index contributed by atoms with van der Waals surface area (Å²) in [6, 6.07) is 0. The van der Waals surface area contributed by atoms with Crippen LogP contribution in [0, 0.1) is 19.3 Å². The fourth-order valence-corrected chi connectivity index (χ4v) is 2.65. The van der Waals surface area contributed by atoms with Gasteiger partial charge in [0.1, 0.15) is 5.56 Å². The molecule has 22 heavy (non-hydrogen) atoms. The Morgan fingerprint density at radius 1 is 1.32 bits per heavy atom. The molecular weight excluding hydrogens is 282 g/mol. The van der Waals surface area contributed by atoms with Crippen LogP contribution in [0.3, 0.4) is 0 Å². The lowest BCUT2D eigenvalue weighted by Crippen LogP contribution is -2.41. The number of aliphatic hydroxyl groups excluding tert-OH is 1. The van der Waals surface area contributed by atoms with Crippen molar-refractivity contribution in [3.8, 4) is 0 Å². The standard InChI is InChI=1S/C16H27N3O3/c1-6-16(7-2,8-9-20)10-17-14(21)13-11(3)12(4)18-19(5)15(13)22/h20H,6-10H2,1-5H3,(H,17,21). The molecule has 0 bridgehead atoms. The zero-order valence-corrected chi connectivity index (χ0v) is 14.2. The molecule has 1 heterocycles. The molecule has 0 atom stereocenters. The highest BCUT2D eigenvalue weighted by molar-refractivity contribution is 5.95. The van der Waals surface area contributed by atoms with Gasteiger partial charge in [0.05, 0.1) is 5.69 Å². The van der Waals surface area contributed by atoms with Gasteiger partial charge in [-0.3, -0.25) is 9.59 Å². The monoisotopic (exact) mass is 309 g/mol. The Morgan fingerprint density at radius 2 is 1.91 bits per heavy atom. The highest BCUT2D eigenvalue weighted by Crippen LogP contribution is 2.29. The Morgan fingerprint density at radius 3 is 2.41 bits per heavy atom. The Labute approximate surface area is 131 Å². The van der Waals surface area contributed by atoms with E-state index >= 15 is 0 Å². The average Bonchev–Trinajstić information content (AvgIpc) is 2.50. The summed E-state index contributed by atoms with van der Waals surface area (Å²) in [5.74, 6) is -0.368. The van der Waals surface area contributed by atoms with Crippen molar-refractivity contribution < 1.29 is 9.90 Å². The maximum atomic E-state index is 12.5. The lowest BCUT2D eigenvalue weighted by atomic mass is 9.79. The molecule has 0 aliphatic carbocycles. The minimum Gasteiger partial charge on any atom is -0.396 e. The van der Waals surface area contributed by atoms with E-state index in [1.807, 2.05) is 13.8 Å². The van der Waals surface area contributed by atoms with Crippen LogP contribution in [0.2, 0.25) is 0 Å². The van der Waals surface area contributed by atoms with Crippen LogP contribution in [0.1, 0.15) is 54.7 Å². The molecule has 124 valence electrons. The number of carbonyl (C=O) groups is 1. The number of aryl methyl sites for hydroxylation is 2. The van der Waals surface area contributed by atoms with Gasteiger partial charge in [-0.2, -0.15) is 5.10 Å². The van der Waals surface area contributed by atoms with E-state index in [0.717, 1.165) is 12.8 Å². The van der Waals surface area contributed by atoms with Crippen molar-refractivity contribution in [2.75, 3.05) is 13.2 Å². The number of nitrogens with one attached hydrogen (secondary N) is 1. The van der Waals surface area contributed by atoms with Crippen LogP contribution in [0.25, 0.3) is 0 Å². The number of carbonyl (C=O) groups excluding carboxylic acids is 1. The molecule has 6 nitrogen and oxygen atoms in total. The molecule has 0 spiro atoms. The number of rotatable bonds is 7. The fraction of sp³-hybridized carbons (Fsp3) is 0.688. The number of hydrogen-bond acceptors (Lipinski definition) is 4. The van der Waals surface area contributed by atoms with Crippen LogP contribution in [-0.2, 0) is 7.05 Å². The van der Waals surface area contributed by atoms with E-state index in [0.29, 0.717) is 24.2 Å². The van der Waals surface area contributed by atoms with Crippen LogP contribution >= 0.6 is 0 Å². The van der Waals surface area contributed by atoms with Crippen LogP contribution in [0.5, 0.6) is 0 Å². The molecule has 1 aromatic rings. The van der Waals surface area contributed by atoms with Gasteiger partial charge in [-0.25, -0.2) is 4.68 Å². The van der Waals surface area contributed by atoms with E-state index in [4.69, 9.17) is 0 Å². The van der Waals surface area contributed by atoms with Crippen molar-refractivity contribution in [1.29, 1.82) is 0 Å². The third-order valence-corrected chi connectivity index (χ3v) is 4.72. The summed E-state index contributed by atoms with van der Waals surface area (Å²) in [7, 11) is 1.54. The largest absolute Gasteiger partial charge is 0.396 e. The Kier molecular flexibility index (Phi) is 6.29. The first-order valence-electron chi connectivity index (χ1n) is 7.75. The molecule has 0 saturated carbocycles. The molecule has 0 aromatic carbocycles. The van der Waals surface area contributed by atoms with Crippen molar-refractivity contribution in [3.63, 3.8) is 0 Å². The Balaban J connectivity index is 3.02. The number of aromatic nitrogens is 2. The minimum atomic E-state index is -0.388. The molecule has 1 rings (SSSR count). The van der Waals surface area contributed by atoms with Gasteiger partial charge >= 0.3 is 0 Å². The number of hydrogen-bond donors (Lipinski definition) is 2. The highest BCUT2D eigenvalue weighted by Gasteiger charge is 2.27. The van der Waals surface area contributed by atoms with Gasteiger partial charge in [-0.05, 0) is 44.1 Å². The molecule has 2 N–H and O–H groups in total. The van der Waals surface area contributed by atoms with Crippen molar-refractivity contribution in [1.82, 2.24) is 15.1 Å². The van der Waals surface area contributed by atoms with E-state index < -0.39 is 0 Å². The second kappa shape index (κ2) is 7.54. The molecule has 0 aliphatic heterocycles. The SMILES string of the molecule is CCC(CC)(CCO)CNC(=O)c1c(C)c(C)nn(C)c1=O. The van der Waals surface area contributed by atoms with Crippen LogP contribution < -0.4 is 10.9 Å². The van der Waals surface area contributed by atoms with E-state index in [1.54, 1.807) is 20.9 Å². The third-order valence-electron chi connectivity index (χ3n) is 4.72. The molecule has 0 aliphatic rings. The van der Waals surface area contributed by atoms with Gasteiger partial charge in [-0.15, -0.1) is 0 Å². The summed E-state index contributed by atoms with van der Waals surface area (Å²) < 4.78 is 1.19. The predicted octanol–water partition coefficient (Wildman–Crippen LogP) is 1.32. The van der Waals surface area contributed by atoms with Gasteiger partial charge in [0.2, 0.25) is 0 Å². The summed E-state index contributed by atoms with van der Waals surface area (Å²) in [6.45, 7) is 8.15. The van der Waals surface area contributed by atoms with E-state index in [9.17, 15) is 14.7 Å². The molecule has 0 fully saturated rings. The number of aliphatic hydroxyl groups is 1. The number of nitrogens with zero attached hydrogens (tertiary/aromatic N) is 2. The first kappa shape index (κ1) is 18.4. The lowest BCUT2D eigenvalue weighted by molar-refractivity contribution is 0.0904. The summed E-state index contributed by atoms with van der Waals surface area (Å²) in [5.41, 5.74) is 0.911. The van der Waals surface area contributed by atoms with Crippen molar-refractivity contribution in [2.24, 2.45) is 12.5 Å². The first-order valence-corrected chi connectivity index (χ1v) is 7.75. The number of amides is 1. The van der Waals surface area contributed by atoms with Crippen LogP contribution in [0.4, 0.5) is 0 Å². The molecule has 0 radical (unpaired) electrons. The minimum absolute atomic E-state index is 0.0900. The quantitative estimate of drug-likeness (QED) is 0.795. The maximum Gasteiger partial charge on any atom is 0.279 e. The fourth-order valence-electron chi connectivity index (χ4n) is 2.65. The second-order valence-corrected chi connectivity index (χ2v) is 5.88. The zero-order chi connectivity index (χ0) is 16.9. The van der Waals surface area contributed by atoms with E-state index in [-0.39, 0.29) is 29.1 Å². The normalized spacial score (nSPS) is 11.5. The summed E-state index contributed by atoms with van der Waals surface area (Å²) in [6.07, 6.45) is 2.35. The summed E-state index contributed by atoms with van der Waals surface area (Å²) in [5, 5.41) is 16.2. The lowest BCUT2D eigenvalue weighted by Gasteiger charge is -2.31. The molecule has 0 saturated heterocycles. The Hall–Kier alpha value is -1.69. The van der Waals surface area contributed by atoms with Crippen molar-refractivity contribution in [2.45, 2.75) is 47.0 Å². The van der Waals surface area contributed by atoms with Crippen molar-refractivity contribution in [3.05, 3.63) is 27.2 Å². The highest BCUT2D eigenvalue weighted by atomic mass is 16.3. The van der Waals surface area contributed by atoms with Gasteiger partial charge in [0, 0.05) is 20.2 Å². The molecule has 0 unspecified atom stereocenters. The topological polar surface area (TPSA) is 84.2 Å². The van der Waals surface area contributed by atoms with Gasteiger partial charge in [0.25, 0.3) is 11.5 Å². The van der Waals surface area contributed by atoms with Gasteiger partial charge in [0.15, 0.2) is 0 Å². The molecule has 1 amide bonds. The van der Waals surface area contributed by atoms with Crippen LogP contribution in [-0.4, -0.2) is 33.9 Å². The van der Waals surface area contributed by atoms with Crippen LogP contribution in [0.15, 0.2) is 4.79 Å². The van der Waals surface area contributed by atoms with Crippen molar-refractivity contribution >= 4 is 5.91 Å².